The van der Waals surface area contributed by atoms with Crippen molar-refractivity contribution >= 4 is 10.8 Å². The van der Waals surface area contributed by atoms with E-state index in [0.717, 1.165) is 12.8 Å². The molecule has 108 valence electrons. The van der Waals surface area contributed by atoms with Crippen LogP contribution in [-0.2, 0) is 4.74 Å². The van der Waals surface area contributed by atoms with Crippen molar-refractivity contribution in [2.75, 3.05) is 14.2 Å². The molecule has 0 aliphatic heterocycles. The highest BCUT2D eigenvalue weighted by Gasteiger charge is 2.35. The molecule has 0 aliphatic carbocycles. The van der Waals surface area contributed by atoms with E-state index in [1.807, 2.05) is 14.2 Å². The van der Waals surface area contributed by atoms with E-state index in [4.69, 9.17) is 4.74 Å². The molecule has 2 aromatic carbocycles. The number of ether oxygens (including phenoxy) is 1. The summed E-state index contributed by atoms with van der Waals surface area (Å²) in [5.41, 5.74) is 1.13. The molecule has 0 amide bonds. The van der Waals surface area contributed by atoms with Gasteiger partial charge in [0.2, 0.25) is 0 Å². The first-order chi connectivity index (χ1) is 9.70. The van der Waals surface area contributed by atoms with E-state index in [0.29, 0.717) is 0 Å². The number of likely N-dealkylation sites (N-methyl/N-ethyl adjacent to an activating group) is 1. The maximum absolute atomic E-state index is 5.89. The Kier molecular flexibility index (Phi) is 4.79. The van der Waals surface area contributed by atoms with E-state index >= 15 is 0 Å². The van der Waals surface area contributed by atoms with Gasteiger partial charge in [-0.05, 0) is 42.3 Å². The molecule has 0 bridgehead atoms. The van der Waals surface area contributed by atoms with Gasteiger partial charge in [-0.25, -0.2) is 0 Å². The Labute approximate surface area is 122 Å². The van der Waals surface area contributed by atoms with Gasteiger partial charge in [-0.15, -0.1) is 0 Å². The minimum atomic E-state index is -0.156. The molecule has 0 saturated carbocycles. The third-order valence-corrected chi connectivity index (χ3v) is 4.53. The molecular weight excluding hydrogens is 246 g/mol. The zero-order valence-corrected chi connectivity index (χ0v) is 12.9. The van der Waals surface area contributed by atoms with Gasteiger partial charge in [0.15, 0.2) is 0 Å². The minimum absolute atomic E-state index is 0.156. The lowest BCUT2D eigenvalue weighted by Gasteiger charge is -2.38. The SMILES string of the molecule is CCC(CC)(OC)C(NC)c1ccc2ccccc2c1. The molecule has 2 rings (SSSR count). The quantitative estimate of drug-likeness (QED) is 0.845. The van der Waals surface area contributed by atoms with Crippen molar-refractivity contribution in [1.82, 2.24) is 5.32 Å². The highest BCUT2D eigenvalue weighted by Crippen LogP contribution is 2.35. The van der Waals surface area contributed by atoms with Crippen molar-refractivity contribution in [3.8, 4) is 0 Å². The molecule has 20 heavy (non-hydrogen) atoms. The van der Waals surface area contributed by atoms with Gasteiger partial charge in [-0.2, -0.15) is 0 Å². The maximum atomic E-state index is 5.89. The number of nitrogens with one attached hydrogen (secondary N) is 1. The van der Waals surface area contributed by atoms with Crippen molar-refractivity contribution in [3.05, 3.63) is 48.0 Å². The topological polar surface area (TPSA) is 21.3 Å². The normalized spacial score (nSPS) is 13.6. The van der Waals surface area contributed by atoms with Crippen molar-refractivity contribution in [2.24, 2.45) is 0 Å². The van der Waals surface area contributed by atoms with Gasteiger partial charge < -0.3 is 10.1 Å². The summed E-state index contributed by atoms with van der Waals surface area (Å²) in [6.07, 6.45) is 1.97. The first-order valence-electron chi connectivity index (χ1n) is 7.42. The number of rotatable bonds is 6. The van der Waals surface area contributed by atoms with Crippen LogP contribution in [0.5, 0.6) is 0 Å². The van der Waals surface area contributed by atoms with E-state index in [2.05, 4.69) is 61.6 Å². The zero-order chi connectivity index (χ0) is 14.6. The summed E-state index contributed by atoms with van der Waals surface area (Å²) in [5.74, 6) is 0. The maximum Gasteiger partial charge on any atom is 0.0867 e. The zero-order valence-electron chi connectivity index (χ0n) is 12.9. The summed E-state index contributed by atoms with van der Waals surface area (Å²) in [6, 6.07) is 15.4. The van der Waals surface area contributed by atoms with Gasteiger partial charge >= 0.3 is 0 Å². The van der Waals surface area contributed by atoms with Gasteiger partial charge in [0, 0.05) is 7.11 Å². The summed E-state index contributed by atoms with van der Waals surface area (Å²) < 4.78 is 5.89. The standard InChI is InChI=1S/C18H25NO/c1-5-18(6-2,20-4)17(19-3)16-12-11-14-9-7-8-10-15(14)13-16/h7-13,17,19H,5-6H2,1-4H3. The lowest BCUT2D eigenvalue weighted by Crippen LogP contribution is -2.43. The summed E-state index contributed by atoms with van der Waals surface area (Å²) in [5, 5.41) is 6.01. The average molecular weight is 271 g/mol. The van der Waals surface area contributed by atoms with Crippen LogP contribution in [0, 0.1) is 0 Å². The number of fused-ring (bicyclic) bond motifs is 1. The first-order valence-corrected chi connectivity index (χ1v) is 7.42. The molecule has 2 nitrogen and oxygen atoms in total. The van der Waals surface area contributed by atoms with Gasteiger partial charge in [-0.3, -0.25) is 0 Å². The van der Waals surface area contributed by atoms with Crippen molar-refractivity contribution in [2.45, 2.75) is 38.3 Å². The average Bonchev–Trinajstić information content (AvgIpc) is 2.52. The summed E-state index contributed by atoms with van der Waals surface area (Å²) in [4.78, 5) is 0. The molecule has 1 unspecified atom stereocenters. The Bertz CT molecular complexity index is 552. The smallest absolute Gasteiger partial charge is 0.0867 e. The van der Waals surface area contributed by atoms with E-state index in [9.17, 15) is 0 Å². The van der Waals surface area contributed by atoms with Crippen LogP contribution in [-0.4, -0.2) is 19.8 Å². The molecule has 0 fully saturated rings. The Morgan fingerprint density at radius 3 is 2.25 bits per heavy atom. The lowest BCUT2D eigenvalue weighted by molar-refractivity contribution is -0.0467. The molecule has 2 heteroatoms. The minimum Gasteiger partial charge on any atom is -0.376 e. The van der Waals surface area contributed by atoms with Crippen LogP contribution >= 0.6 is 0 Å². The summed E-state index contributed by atoms with van der Waals surface area (Å²) >= 11 is 0. The summed E-state index contributed by atoms with van der Waals surface area (Å²) in [7, 11) is 3.83. The predicted octanol–water partition coefficient (Wildman–Crippen LogP) is 4.31. The number of hydrogen-bond acceptors (Lipinski definition) is 2. The molecule has 0 heterocycles. The second kappa shape index (κ2) is 6.38. The van der Waals surface area contributed by atoms with Crippen LogP contribution in [0.1, 0.15) is 38.3 Å². The first kappa shape index (κ1) is 15.0. The Hall–Kier alpha value is -1.38. The monoisotopic (exact) mass is 271 g/mol. The number of methoxy groups -OCH3 is 1. The molecule has 1 N–H and O–H groups in total. The fourth-order valence-corrected chi connectivity index (χ4v) is 3.19. The van der Waals surface area contributed by atoms with Gasteiger partial charge in [-0.1, -0.05) is 50.2 Å². The number of benzene rings is 2. The fourth-order valence-electron chi connectivity index (χ4n) is 3.19. The van der Waals surface area contributed by atoms with E-state index in [1.54, 1.807) is 0 Å². The van der Waals surface area contributed by atoms with Gasteiger partial charge in [0.05, 0.1) is 11.6 Å². The van der Waals surface area contributed by atoms with Crippen LogP contribution in [0.2, 0.25) is 0 Å². The largest absolute Gasteiger partial charge is 0.376 e. The van der Waals surface area contributed by atoms with Crippen molar-refractivity contribution in [3.63, 3.8) is 0 Å². The molecular formula is C18H25NO. The highest BCUT2D eigenvalue weighted by atomic mass is 16.5. The molecule has 0 saturated heterocycles. The van der Waals surface area contributed by atoms with E-state index in [-0.39, 0.29) is 11.6 Å². The van der Waals surface area contributed by atoms with Gasteiger partial charge in [0.1, 0.15) is 0 Å². The highest BCUT2D eigenvalue weighted by molar-refractivity contribution is 5.83. The predicted molar refractivity (Wildman–Crippen MR) is 86.1 cm³/mol. The lowest BCUT2D eigenvalue weighted by atomic mass is 9.83. The number of hydrogen-bond donors (Lipinski definition) is 1. The van der Waals surface area contributed by atoms with Crippen molar-refractivity contribution in [1.29, 1.82) is 0 Å². The van der Waals surface area contributed by atoms with Crippen molar-refractivity contribution < 1.29 is 4.74 Å². The molecule has 1 atom stereocenters. The van der Waals surface area contributed by atoms with Crippen LogP contribution in [0.3, 0.4) is 0 Å². The Balaban J connectivity index is 2.48. The van der Waals surface area contributed by atoms with Gasteiger partial charge in [0.25, 0.3) is 0 Å². The van der Waals surface area contributed by atoms with E-state index < -0.39 is 0 Å². The van der Waals surface area contributed by atoms with Crippen LogP contribution < -0.4 is 5.32 Å². The molecule has 0 aliphatic rings. The second-order valence-electron chi connectivity index (χ2n) is 5.30. The summed E-state index contributed by atoms with van der Waals surface area (Å²) in [6.45, 7) is 4.39. The molecule has 2 aromatic rings. The van der Waals surface area contributed by atoms with E-state index in [1.165, 1.54) is 16.3 Å². The Morgan fingerprint density at radius 1 is 1.05 bits per heavy atom. The fraction of sp³-hybridized carbons (Fsp3) is 0.444. The molecule has 0 aromatic heterocycles. The Morgan fingerprint density at radius 2 is 1.70 bits per heavy atom. The third-order valence-electron chi connectivity index (χ3n) is 4.53. The molecule has 0 radical (unpaired) electrons. The second-order valence-corrected chi connectivity index (χ2v) is 5.30. The van der Waals surface area contributed by atoms with Crippen LogP contribution in [0.15, 0.2) is 42.5 Å². The van der Waals surface area contributed by atoms with Crippen LogP contribution in [0.25, 0.3) is 10.8 Å². The third kappa shape index (κ3) is 2.58. The van der Waals surface area contributed by atoms with Crippen LogP contribution in [0.4, 0.5) is 0 Å². The molecule has 0 spiro atoms.